The van der Waals surface area contributed by atoms with Crippen LogP contribution >= 0.6 is 0 Å². The van der Waals surface area contributed by atoms with Crippen LogP contribution in [0.3, 0.4) is 0 Å². The van der Waals surface area contributed by atoms with Gasteiger partial charge in [-0.05, 0) is 25.5 Å². The number of nitrogens with one attached hydrogen (secondary N) is 1. The molecule has 3 rings (SSSR count). The highest BCUT2D eigenvalue weighted by molar-refractivity contribution is 6.00. The molecule has 2 aliphatic heterocycles. The molecule has 1 aromatic rings. The quantitative estimate of drug-likeness (QED) is 0.697. The van der Waals surface area contributed by atoms with Gasteiger partial charge in [0.25, 0.3) is 0 Å². The lowest BCUT2D eigenvalue weighted by molar-refractivity contribution is -0.117. The molecule has 0 radical (unpaired) electrons. The number of nitrogens with zero attached hydrogens (tertiary/aromatic N) is 1. The maximum absolute atomic E-state index is 11.8. The van der Waals surface area contributed by atoms with Crippen molar-refractivity contribution in [3.05, 3.63) is 24.3 Å². The molecule has 2 aliphatic rings. The van der Waals surface area contributed by atoms with Crippen molar-refractivity contribution >= 4 is 17.3 Å². The summed E-state index contributed by atoms with van der Waals surface area (Å²) >= 11 is 0. The number of hydrogen-bond acceptors (Lipinski definition) is 2. The van der Waals surface area contributed by atoms with Crippen molar-refractivity contribution in [2.24, 2.45) is 0 Å². The molecule has 1 fully saturated rings. The van der Waals surface area contributed by atoms with Crippen LogP contribution in [0.2, 0.25) is 0 Å². The Labute approximate surface area is 89.1 Å². The normalized spacial score (nSPS) is 28.3. The molecule has 3 heteroatoms. The summed E-state index contributed by atoms with van der Waals surface area (Å²) in [6.07, 6.45) is 1.66. The summed E-state index contributed by atoms with van der Waals surface area (Å²) in [4.78, 5) is 13.8. The molecule has 3 nitrogen and oxygen atoms in total. The van der Waals surface area contributed by atoms with Crippen molar-refractivity contribution in [2.45, 2.75) is 31.8 Å². The van der Waals surface area contributed by atoms with Gasteiger partial charge < -0.3 is 10.2 Å². The number of amides is 1. The summed E-state index contributed by atoms with van der Waals surface area (Å²) in [5.41, 5.74) is 2.12. The van der Waals surface area contributed by atoms with Crippen molar-refractivity contribution in [3.8, 4) is 0 Å². The lowest BCUT2D eigenvalue weighted by atomic mass is 10.0. The molecule has 0 aromatic heterocycles. The minimum atomic E-state index is 0.265. The Bertz CT molecular complexity index is 416. The van der Waals surface area contributed by atoms with Crippen molar-refractivity contribution < 1.29 is 4.79 Å². The smallest absolute Gasteiger partial charge is 0.227 e. The maximum Gasteiger partial charge on any atom is 0.227 e. The number of rotatable bonds is 0. The summed E-state index contributed by atoms with van der Waals surface area (Å²) in [6.45, 7) is 2.15. The summed E-state index contributed by atoms with van der Waals surface area (Å²) < 4.78 is 0. The molecular weight excluding hydrogens is 188 g/mol. The predicted molar refractivity (Wildman–Crippen MR) is 60.0 cm³/mol. The molecule has 0 spiro atoms. The van der Waals surface area contributed by atoms with Crippen LogP contribution in [0.5, 0.6) is 0 Å². The van der Waals surface area contributed by atoms with E-state index in [0.29, 0.717) is 18.5 Å². The van der Waals surface area contributed by atoms with E-state index < -0.39 is 0 Å². The number of carbonyl (C=O) groups is 1. The van der Waals surface area contributed by atoms with Crippen LogP contribution in [0, 0.1) is 0 Å². The molecule has 1 aromatic carbocycles. The first-order chi connectivity index (χ1) is 7.27. The highest BCUT2D eigenvalue weighted by Crippen LogP contribution is 2.38. The van der Waals surface area contributed by atoms with Crippen molar-refractivity contribution in [3.63, 3.8) is 0 Å². The maximum atomic E-state index is 11.8. The zero-order chi connectivity index (χ0) is 10.4. The van der Waals surface area contributed by atoms with Crippen molar-refractivity contribution in [2.75, 3.05) is 10.2 Å². The van der Waals surface area contributed by atoms with Crippen LogP contribution in [0.25, 0.3) is 0 Å². The molecule has 2 heterocycles. The van der Waals surface area contributed by atoms with E-state index in [0.717, 1.165) is 17.8 Å². The van der Waals surface area contributed by atoms with E-state index in [9.17, 15) is 4.79 Å². The average Bonchev–Trinajstić information content (AvgIpc) is 2.62. The first-order valence-corrected chi connectivity index (χ1v) is 5.45. The lowest BCUT2D eigenvalue weighted by Crippen LogP contribution is -2.47. The fourth-order valence-electron chi connectivity index (χ4n) is 2.64. The lowest BCUT2D eigenvalue weighted by Gasteiger charge is -2.37. The van der Waals surface area contributed by atoms with Gasteiger partial charge in [0.15, 0.2) is 0 Å². The predicted octanol–water partition coefficient (Wildman–Crippen LogP) is 2.00. The third-order valence-electron chi connectivity index (χ3n) is 3.38. The third-order valence-corrected chi connectivity index (χ3v) is 3.38. The SMILES string of the molecule is CC1Nc2ccccc2N2C(=O)CCC12. The van der Waals surface area contributed by atoms with Gasteiger partial charge >= 0.3 is 0 Å². The fraction of sp³-hybridized carbons (Fsp3) is 0.417. The van der Waals surface area contributed by atoms with E-state index in [4.69, 9.17) is 0 Å². The average molecular weight is 202 g/mol. The number of carbonyl (C=O) groups excluding carboxylic acids is 1. The molecule has 1 N–H and O–H groups in total. The van der Waals surface area contributed by atoms with E-state index in [1.165, 1.54) is 0 Å². The van der Waals surface area contributed by atoms with Gasteiger partial charge in [0.05, 0.1) is 17.4 Å². The Kier molecular flexibility index (Phi) is 1.75. The van der Waals surface area contributed by atoms with Crippen LogP contribution in [0.4, 0.5) is 11.4 Å². The monoisotopic (exact) mass is 202 g/mol. The van der Waals surface area contributed by atoms with Crippen molar-refractivity contribution in [1.29, 1.82) is 0 Å². The molecular formula is C12H14N2O. The Morgan fingerprint density at radius 3 is 3.07 bits per heavy atom. The van der Waals surface area contributed by atoms with Gasteiger partial charge in [0, 0.05) is 12.5 Å². The second-order valence-corrected chi connectivity index (χ2v) is 4.32. The Morgan fingerprint density at radius 2 is 2.20 bits per heavy atom. The Morgan fingerprint density at radius 1 is 1.40 bits per heavy atom. The number of hydrogen-bond donors (Lipinski definition) is 1. The molecule has 0 aliphatic carbocycles. The van der Waals surface area contributed by atoms with Gasteiger partial charge in [-0.15, -0.1) is 0 Å². The molecule has 1 amide bonds. The third kappa shape index (κ3) is 1.16. The van der Waals surface area contributed by atoms with Gasteiger partial charge in [-0.1, -0.05) is 12.1 Å². The number of anilines is 2. The van der Waals surface area contributed by atoms with Crippen molar-refractivity contribution in [1.82, 2.24) is 0 Å². The van der Waals surface area contributed by atoms with Gasteiger partial charge in [0.2, 0.25) is 5.91 Å². The van der Waals surface area contributed by atoms with Crippen LogP contribution < -0.4 is 10.2 Å². The number of benzene rings is 1. The van der Waals surface area contributed by atoms with Gasteiger partial charge in [0.1, 0.15) is 0 Å². The minimum Gasteiger partial charge on any atom is -0.379 e. The molecule has 2 atom stereocenters. The Hall–Kier alpha value is -1.51. The second kappa shape index (κ2) is 2.99. The molecule has 0 saturated carbocycles. The second-order valence-electron chi connectivity index (χ2n) is 4.32. The van der Waals surface area contributed by atoms with Gasteiger partial charge in [-0.25, -0.2) is 0 Å². The van der Waals surface area contributed by atoms with E-state index in [1.807, 2.05) is 29.2 Å². The van der Waals surface area contributed by atoms with Gasteiger partial charge in [-0.3, -0.25) is 4.79 Å². The first-order valence-electron chi connectivity index (χ1n) is 5.45. The molecule has 2 unspecified atom stereocenters. The molecule has 1 saturated heterocycles. The van der Waals surface area contributed by atoms with Crippen LogP contribution in [-0.2, 0) is 4.79 Å². The van der Waals surface area contributed by atoms with Crippen LogP contribution in [0.15, 0.2) is 24.3 Å². The Balaban J connectivity index is 2.12. The largest absolute Gasteiger partial charge is 0.379 e. The molecule has 0 bridgehead atoms. The van der Waals surface area contributed by atoms with Crippen LogP contribution in [0.1, 0.15) is 19.8 Å². The zero-order valence-electron chi connectivity index (χ0n) is 8.73. The fourth-order valence-corrected chi connectivity index (χ4v) is 2.64. The summed E-state index contributed by atoms with van der Waals surface area (Å²) in [5.74, 6) is 0.265. The van der Waals surface area contributed by atoms with Gasteiger partial charge in [-0.2, -0.15) is 0 Å². The molecule has 15 heavy (non-hydrogen) atoms. The highest BCUT2D eigenvalue weighted by atomic mass is 16.2. The topological polar surface area (TPSA) is 32.3 Å². The standard InChI is InChI=1S/C12H14N2O/c1-8-10-6-7-12(15)14(10)11-5-3-2-4-9(11)13-8/h2-5,8,10,13H,6-7H2,1H3. The summed E-state index contributed by atoms with van der Waals surface area (Å²) in [6, 6.07) is 8.73. The minimum absolute atomic E-state index is 0.265. The highest BCUT2D eigenvalue weighted by Gasteiger charge is 2.39. The molecule has 78 valence electrons. The number of fused-ring (bicyclic) bond motifs is 3. The van der Waals surface area contributed by atoms with E-state index in [1.54, 1.807) is 0 Å². The van der Waals surface area contributed by atoms with Crippen LogP contribution in [-0.4, -0.2) is 18.0 Å². The number of para-hydroxylation sites is 2. The summed E-state index contributed by atoms with van der Waals surface area (Å²) in [7, 11) is 0. The van der Waals surface area contributed by atoms with E-state index in [2.05, 4.69) is 12.2 Å². The van der Waals surface area contributed by atoms with E-state index in [-0.39, 0.29) is 5.91 Å². The summed E-state index contributed by atoms with van der Waals surface area (Å²) in [5, 5.41) is 3.46. The van der Waals surface area contributed by atoms with E-state index >= 15 is 0 Å². The first kappa shape index (κ1) is 8.77. The zero-order valence-corrected chi connectivity index (χ0v) is 8.73.